The smallest absolute Gasteiger partial charge is 0.325 e. The van der Waals surface area contributed by atoms with Crippen molar-refractivity contribution in [3.8, 4) is 0 Å². The molecule has 2 N–H and O–H groups in total. The van der Waals surface area contributed by atoms with Crippen LogP contribution in [0.2, 0.25) is 0 Å². The molecule has 1 aromatic carbocycles. The Labute approximate surface area is 170 Å². The summed E-state index contributed by atoms with van der Waals surface area (Å²) in [7, 11) is 1.48. The zero-order valence-electron chi connectivity index (χ0n) is 17.2. The minimum Gasteiger partial charge on any atom is -0.335 e. The molecule has 0 aromatic heterocycles. The molecule has 8 heteroatoms. The molecule has 8 nitrogen and oxygen atoms in total. The van der Waals surface area contributed by atoms with Crippen LogP contribution in [0.3, 0.4) is 0 Å². The fourth-order valence-electron chi connectivity index (χ4n) is 4.04. The first-order valence-corrected chi connectivity index (χ1v) is 9.97. The molecule has 156 valence electrons. The minimum atomic E-state index is -0.892. The van der Waals surface area contributed by atoms with E-state index >= 15 is 0 Å². The van der Waals surface area contributed by atoms with E-state index in [1.807, 2.05) is 26.0 Å². The molecule has 1 spiro atoms. The Morgan fingerprint density at radius 3 is 2.59 bits per heavy atom. The molecule has 1 aromatic rings. The molecule has 3 rings (SSSR count). The van der Waals surface area contributed by atoms with Gasteiger partial charge in [0.15, 0.2) is 0 Å². The van der Waals surface area contributed by atoms with Gasteiger partial charge in [0, 0.05) is 12.7 Å². The van der Waals surface area contributed by atoms with Crippen LogP contribution in [0.1, 0.15) is 38.2 Å². The molecule has 1 aliphatic carbocycles. The van der Waals surface area contributed by atoms with Gasteiger partial charge in [-0.1, -0.05) is 37.5 Å². The number of imide groups is 1. The highest BCUT2D eigenvalue weighted by Crippen LogP contribution is 2.38. The number of benzene rings is 1. The highest BCUT2D eigenvalue weighted by Gasteiger charge is 2.55. The summed E-state index contributed by atoms with van der Waals surface area (Å²) in [5.41, 5.74) is 0.828. The average molecular weight is 400 g/mol. The van der Waals surface area contributed by atoms with Crippen molar-refractivity contribution in [3.63, 3.8) is 0 Å². The fourth-order valence-corrected chi connectivity index (χ4v) is 4.04. The lowest BCUT2D eigenvalue weighted by molar-refractivity contribution is -0.140. The third-order valence-electron chi connectivity index (χ3n) is 5.94. The number of anilines is 1. The van der Waals surface area contributed by atoms with Crippen molar-refractivity contribution in [1.29, 1.82) is 0 Å². The summed E-state index contributed by atoms with van der Waals surface area (Å²) in [4.78, 5) is 52.3. The van der Waals surface area contributed by atoms with Crippen LogP contribution < -0.4 is 10.6 Å². The summed E-state index contributed by atoms with van der Waals surface area (Å²) < 4.78 is 0. The Hall–Kier alpha value is -2.90. The fraction of sp³-hybridized carbons (Fsp3) is 0.524. The van der Waals surface area contributed by atoms with Crippen molar-refractivity contribution in [2.45, 2.75) is 45.1 Å². The topological polar surface area (TPSA) is 98.8 Å². The number of carbonyl (C=O) groups is 4. The Morgan fingerprint density at radius 2 is 1.93 bits per heavy atom. The number of urea groups is 1. The molecule has 2 fully saturated rings. The predicted molar refractivity (Wildman–Crippen MR) is 108 cm³/mol. The van der Waals surface area contributed by atoms with Crippen LogP contribution in [0.15, 0.2) is 24.3 Å². The van der Waals surface area contributed by atoms with Crippen LogP contribution in [0.5, 0.6) is 0 Å². The van der Waals surface area contributed by atoms with Gasteiger partial charge < -0.3 is 15.5 Å². The number of likely N-dealkylation sites (N-methyl/N-ethyl adjacent to an activating group) is 1. The van der Waals surface area contributed by atoms with E-state index in [4.69, 9.17) is 0 Å². The van der Waals surface area contributed by atoms with Crippen molar-refractivity contribution in [2.75, 3.05) is 25.5 Å². The Balaban J connectivity index is 1.57. The lowest BCUT2D eigenvalue weighted by Gasteiger charge is -2.36. The number of aryl methyl sites for hydroxylation is 1. The summed E-state index contributed by atoms with van der Waals surface area (Å²) in [5, 5.41) is 5.55. The van der Waals surface area contributed by atoms with Crippen LogP contribution >= 0.6 is 0 Å². The van der Waals surface area contributed by atoms with Crippen LogP contribution in [0.25, 0.3) is 0 Å². The molecule has 1 saturated heterocycles. The molecule has 0 radical (unpaired) electrons. The molecule has 0 bridgehead atoms. The van der Waals surface area contributed by atoms with Crippen LogP contribution in [-0.4, -0.2) is 59.2 Å². The van der Waals surface area contributed by atoms with Gasteiger partial charge in [0.25, 0.3) is 5.91 Å². The Morgan fingerprint density at radius 1 is 1.24 bits per heavy atom. The average Bonchev–Trinajstić information content (AvgIpc) is 2.91. The number of hydrogen-bond donors (Lipinski definition) is 2. The highest BCUT2D eigenvalue weighted by molar-refractivity contribution is 6.09. The van der Waals surface area contributed by atoms with Gasteiger partial charge in [0.2, 0.25) is 11.8 Å². The van der Waals surface area contributed by atoms with Crippen molar-refractivity contribution >= 4 is 29.4 Å². The molecule has 2 atom stereocenters. The van der Waals surface area contributed by atoms with Gasteiger partial charge in [-0.25, -0.2) is 4.79 Å². The second-order valence-corrected chi connectivity index (χ2v) is 8.10. The number of amides is 5. The molecule has 1 aliphatic heterocycles. The summed E-state index contributed by atoms with van der Waals surface area (Å²) in [6, 6.07) is 6.80. The highest BCUT2D eigenvalue weighted by atomic mass is 16.2. The second kappa shape index (κ2) is 8.23. The molecule has 1 heterocycles. The third kappa shape index (κ3) is 4.26. The van der Waals surface area contributed by atoms with E-state index in [2.05, 4.69) is 10.6 Å². The quantitative estimate of drug-likeness (QED) is 0.738. The van der Waals surface area contributed by atoms with Gasteiger partial charge in [-0.3, -0.25) is 19.3 Å². The zero-order valence-corrected chi connectivity index (χ0v) is 17.2. The first-order chi connectivity index (χ1) is 13.7. The third-order valence-corrected chi connectivity index (χ3v) is 5.94. The van der Waals surface area contributed by atoms with E-state index in [0.717, 1.165) is 29.7 Å². The maximum atomic E-state index is 12.9. The van der Waals surface area contributed by atoms with E-state index in [0.29, 0.717) is 12.1 Å². The van der Waals surface area contributed by atoms with E-state index in [-0.39, 0.29) is 30.8 Å². The zero-order chi connectivity index (χ0) is 21.2. The Bertz CT molecular complexity index is 822. The second-order valence-electron chi connectivity index (χ2n) is 8.10. The number of hydrogen-bond acceptors (Lipinski definition) is 4. The van der Waals surface area contributed by atoms with Crippen molar-refractivity contribution in [1.82, 2.24) is 15.1 Å². The summed E-state index contributed by atoms with van der Waals surface area (Å²) in [5.74, 6) is -1.11. The molecule has 1 saturated carbocycles. The number of rotatable bonds is 5. The van der Waals surface area contributed by atoms with Crippen molar-refractivity contribution in [3.05, 3.63) is 29.8 Å². The minimum absolute atomic E-state index is 0.0332. The van der Waals surface area contributed by atoms with Crippen molar-refractivity contribution in [2.24, 2.45) is 5.92 Å². The number of nitrogens with zero attached hydrogens (tertiary/aromatic N) is 2. The molecule has 29 heavy (non-hydrogen) atoms. The SMILES string of the molecule is Cc1ccc(NC(=O)CN(C)C(=O)CN2C(=O)N[C@]3(CCCC[C@@H]3C)C2=O)cc1. The summed E-state index contributed by atoms with van der Waals surface area (Å²) >= 11 is 0. The van der Waals surface area contributed by atoms with Gasteiger partial charge in [-0.15, -0.1) is 0 Å². The molecule has 2 aliphatic rings. The largest absolute Gasteiger partial charge is 0.335 e. The first-order valence-electron chi connectivity index (χ1n) is 9.97. The normalized spacial score (nSPS) is 23.8. The van der Waals surface area contributed by atoms with Gasteiger partial charge in [-0.2, -0.15) is 0 Å². The van der Waals surface area contributed by atoms with Gasteiger partial charge in [0.05, 0.1) is 6.54 Å². The van der Waals surface area contributed by atoms with E-state index < -0.39 is 17.5 Å². The van der Waals surface area contributed by atoms with Gasteiger partial charge >= 0.3 is 6.03 Å². The van der Waals surface area contributed by atoms with Crippen molar-refractivity contribution < 1.29 is 19.2 Å². The van der Waals surface area contributed by atoms with Gasteiger partial charge in [-0.05, 0) is 37.8 Å². The summed E-state index contributed by atoms with van der Waals surface area (Å²) in [6.45, 7) is 3.38. The standard InChI is InChI=1S/C21H28N4O4/c1-14-7-9-16(10-8-14)22-17(26)12-24(3)18(27)13-25-19(28)21(23-20(25)29)11-5-4-6-15(21)2/h7-10,15H,4-6,11-13H2,1-3H3,(H,22,26)(H,23,29)/t15-,21-/m0/s1. The Kier molecular flexibility index (Phi) is 5.91. The molecule has 5 amide bonds. The van der Waals surface area contributed by atoms with E-state index in [9.17, 15) is 19.2 Å². The monoisotopic (exact) mass is 400 g/mol. The number of nitrogens with one attached hydrogen (secondary N) is 2. The predicted octanol–water partition coefficient (Wildman–Crippen LogP) is 1.89. The van der Waals surface area contributed by atoms with Crippen LogP contribution in [-0.2, 0) is 14.4 Å². The molecule has 0 unspecified atom stereocenters. The van der Waals surface area contributed by atoms with E-state index in [1.54, 1.807) is 12.1 Å². The van der Waals surface area contributed by atoms with E-state index in [1.165, 1.54) is 11.9 Å². The lowest BCUT2D eigenvalue weighted by atomic mass is 9.73. The number of carbonyl (C=O) groups excluding carboxylic acids is 4. The molecular formula is C21H28N4O4. The summed E-state index contributed by atoms with van der Waals surface area (Å²) in [6.07, 6.45) is 3.37. The molecular weight excluding hydrogens is 372 g/mol. The lowest BCUT2D eigenvalue weighted by Crippen LogP contribution is -2.54. The maximum absolute atomic E-state index is 12.9. The first kappa shape index (κ1) is 20.8. The van der Waals surface area contributed by atoms with Crippen LogP contribution in [0, 0.1) is 12.8 Å². The maximum Gasteiger partial charge on any atom is 0.325 e. The van der Waals surface area contributed by atoms with Crippen LogP contribution in [0.4, 0.5) is 10.5 Å². The van der Waals surface area contributed by atoms with Gasteiger partial charge in [0.1, 0.15) is 12.1 Å².